The van der Waals surface area contributed by atoms with Crippen LogP contribution in [0.4, 0.5) is 0 Å². The van der Waals surface area contributed by atoms with Crippen LogP contribution in [0.2, 0.25) is 0 Å². The van der Waals surface area contributed by atoms with Gasteiger partial charge in [-0.2, -0.15) is 0 Å². The molecule has 0 radical (unpaired) electrons. The van der Waals surface area contributed by atoms with E-state index in [0.717, 1.165) is 61.1 Å². The van der Waals surface area contributed by atoms with Gasteiger partial charge in [-0.15, -0.1) is 0 Å². The Morgan fingerprint density at radius 3 is 2.37 bits per heavy atom. The number of fused-ring (bicyclic) bond motifs is 1. The van der Waals surface area contributed by atoms with Crippen molar-refractivity contribution in [1.29, 1.82) is 0 Å². The van der Waals surface area contributed by atoms with E-state index in [1.165, 1.54) is 5.56 Å². The zero-order valence-electron chi connectivity index (χ0n) is 20.0. The molecule has 2 aliphatic rings. The lowest BCUT2D eigenvalue weighted by Gasteiger charge is -2.35. The molecule has 1 atom stereocenters. The third-order valence-corrected chi connectivity index (χ3v) is 6.61. The molecule has 1 N–H and O–H groups in total. The maximum atomic E-state index is 13.1. The van der Waals surface area contributed by atoms with E-state index in [-0.39, 0.29) is 25.3 Å². The lowest BCUT2D eigenvalue weighted by Crippen LogP contribution is -2.50. The van der Waals surface area contributed by atoms with Crippen molar-refractivity contribution in [2.24, 2.45) is 0 Å². The van der Waals surface area contributed by atoms with Crippen LogP contribution in [0.25, 0.3) is 0 Å². The summed E-state index contributed by atoms with van der Waals surface area (Å²) in [5.74, 6) is 2.56. The number of carbonyl (C=O) groups is 1. The summed E-state index contributed by atoms with van der Waals surface area (Å²) in [6.45, 7) is 4.56. The molecule has 3 aromatic carbocycles. The summed E-state index contributed by atoms with van der Waals surface area (Å²) in [5, 5.41) is 3.49. The molecule has 182 valence electrons. The van der Waals surface area contributed by atoms with Crippen molar-refractivity contribution in [3.8, 4) is 17.2 Å². The highest BCUT2D eigenvalue weighted by molar-refractivity contribution is 5.78. The highest BCUT2D eigenvalue weighted by atomic mass is 16.7. The van der Waals surface area contributed by atoms with E-state index in [1.807, 2.05) is 59.5 Å². The van der Waals surface area contributed by atoms with Crippen LogP contribution in [0.3, 0.4) is 0 Å². The Bertz CT molecular complexity index is 1130. The molecule has 0 spiro atoms. The van der Waals surface area contributed by atoms with E-state index in [9.17, 15) is 4.79 Å². The Hall–Kier alpha value is -3.55. The van der Waals surface area contributed by atoms with Crippen molar-refractivity contribution >= 4 is 5.91 Å². The number of nitrogens with one attached hydrogen (secondary N) is 1. The second kappa shape index (κ2) is 10.8. The summed E-state index contributed by atoms with van der Waals surface area (Å²) in [5.41, 5.74) is 3.42. The Morgan fingerprint density at radius 1 is 0.914 bits per heavy atom. The molecule has 7 nitrogen and oxygen atoms in total. The average Bonchev–Trinajstić information content (AvgIpc) is 3.38. The minimum atomic E-state index is -0.0710. The maximum Gasteiger partial charge on any atom is 0.236 e. The highest BCUT2D eigenvalue weighted by Gasteiger charge is 2.23. The maximum absolute atomic E-state index is 13.1. The van der Waals surface area contributed by atoms with Crippen molar-refractivity contribution in [3.05, 3.63) is 89.5 Å². The molecule has 0 aromatic heterocycles. The minimum absolute atomic E-state index is 0.0710. The SMILES string of the molecule is COc1ccc([C@@H](NCC(=O)N2CCN(Cc3ccc4c(c3)OCO4)CC2)c2ccccc2)cc1. The fourth-order valence-corrected chi connectivity index (χ4v) is 4.62. The number of benzene rings is 3. The monoisotopic (exact) mass is 473 g/mol. The number of amides is 1. The number of piperazine rings is 1. The molecule has 0 saturated carbocycles. The molecule has 0 bridgehead atoms. The molecule has 2 heterocycles. The van der Waals surface area contributed by atoms with Crippen LogP contribution in [-0.4, -0.2) is 62.3 Å². The van der Waals surface area contributed by atoms with Gasteiger partial charge in [-0.3, -0.25) is 15.0 Å². The van der Waals surface area contributed by atoms with E-state index in [2.05, 4.69) is 28.4 Å². The molecule has 0 aliphatic carbocycles. The van der Waals surface area contributed by atoms with Gasteiger partial charge in [-0.05, 0) is 41.0 Å². The third kappa shape index (κ3) is 5.58. The first kappa shape index (κ1) is 23.2. The van der Waals surface area contributed by atoms with E-state index in [0.29, 0.717) is 0 Å². The van der Waals surface area contributed by atoms with Gasteiger partial charge >= 0.3 is 0 Å². The summed E-state index contributed by atoms with van der Waals surface area (Å²) >= 11 is 0. The van der Waals surface area contributed by atoms with Gasteiger partial charge in [0.1, 0.15) is 5.75 Å². The van der Waals surface area contributed by atoms with Gasteiger partial charge in [0.05, 0.1) is 19.7 Å². The fourth-order valence-electron chi connectivity index (χ4n) is 4.62. The minimum Gasteiger partial charge on any atom is -0.497 e. The standard InChI is InChI=1S/C28H31N3O4/c1-33-24-10-8-23(9-11-24)28(22-5-3-2-4-6-22)29-18-27(32)31-15-13-30(14-16-31)19-21-7-12-25-26(17-21)35-20-34-25/h2-12,17,28-29H,13-16,18-20H2,1H3/t28-/m0/s1. The zero-order chi connectivity index (χ0) is 24.0. The first-order chi connectivity index (χ1) is 17.2. The van der Waals surface area contributed by atoms with Gasteiger partial charge in [0.15, 0.2) is 11.5 Å². The molecule has 2 aliphatic heterocycles. The molecule has 1 amide bonds. The number of methoxy groups -OCH3 is 1. The van der Waals surface area contributed by atoms with E-state index in [1.54, 1.807) is 7.11 Å². The zero-order valence-corrected chi connectivity index (χ0v) is 20.0. The summed E-state index contributed by atoms with van der Waals surface area (Å²) in [6.07, 6.45) is 0. The summed E-state index contributed by atoms with van der Waals surface area (Å²) in [4.78, 5) is 17.4. The molecule has 35 heavy (non-hydrogen) atoms. The summed E-state index contributed by atoms with van der Waals surface area (Å²) in [7, 11) is 1.66. The van der Waals surface area contributed by atoms with E-state index >= 15 is 0 Å². The average molecular weight is 474 g/mol. The molecule has 0 unspecified atom stereocenters. The second-order valence-corrected chi connectivity index (χ2v) is 8.84. The number of hydrogen-bond donors (Lipinski definition) is 1. The van der Waals surface area contributed by atoms with Gasteiger partial charge in [0.25, 0.3) is 0 Å². The van der Waals surface area contributed by atoms with Crippen LogP contribution < -0.4 is 19.5 Å². The Balaban J connectivity index is 1.16. The molecule has 7 heteroatoms. The van der Waals surface area contributed by atoms with Crippen LogP contribution in [-0.2, 0) is 11.3 Å². The normalized spacial score (nSPS) is 16.2. The Labute approximate surface area is 206 Å². The predicted molar refractivity (Wildman–Crippen MR) is 134 cm³/mol. The van der Waals surface area contributed by atoms with Gasteiger partial charge in [0.2, 0.25) is 12.7 Å². The van der Waals surface area contributed by atoms with Gasteiger partial charge < -0.3 is 19.1 Å². The van der Waals surface area contributed by atoms with E-state index < -0.39 is 0 Å². The van der Waals surface area contributed by atoms with Gasteiger partial charge in [-0.25, -0.2) is 0 Å². The van der Waals surface area contributed by atoms with Crippen molar-refractivity contribution < 1.29 is 19.0 Å². The highest BCUT2D eigenvalue weighted by Crippen LogP contribution is 2.33. The molecule has 5 rings (SSSR count). The van der Waals surface area contributed by atoms with Crippen molar-refractivity contribution in [2.45, 2.75) is 12.6 Å². The van der Waals surface area contributed by atoms with Crippen LogP contribution in [0.1, 0.15) is 22.7 Å². The van der Waals surface area contributed by atoms with Gasteiger partial charge in [0, 0.05) is 32.7 Å². The van der Waals surface area contributed by atoms with Crippen molar-refractivity contribution in [2.75, 3.05) is 46.6 Å². The number of carbonyl (C=O) groups excluding carboxylic acids is 1. The van der Waals surface area contributed by atoms with Gasteiger partial charge in [-0.1, -0.05) is 48.5 Å². The second-order valence-electron chi connectivity index (χ2n) is 8.84. The molecule has 1 fully saturated rings. The number of nitrogens with zero attached hydrogens (tertiary/aromatic N) is 2. The van der Waals surface area contributed by atoms with Crippen LogP contribution in [0.5, 0.6) is 17.2 Å². The predicted octanol–water partition coefficient (Wildman–Crippen LogP) is 3.45. The Morgan fingerprint density at radius 2 is 1.63 bits per heavy atom. The number of ether oxygens (including phenoxy) is 3. The fraction of sp³-hybridized carbons (Fsp3) is 0.321. The molecular formula is C28H31N3O4. The van der Waals surface area contributed by atoms with Crippen molar-refractivity contribution in [3.63, 3.8) is 0 Å². The summed E-state index contributed by atoms with van der Waals surface area (Å²) < 4.78 is 16.2. The van der Waals surface area contributed by atoms with Crippen molar-refractivity contribution in [1.82, 2.24) is 15.1 Å². The lowest BCUT2D eigenvalue weighted by molar-refractivity contribution is -0.132. The molecular weight excluding hydrogens is 442 g/mol. The topological polar surface area (TPSA) is 63.3 Å². The smallest absolute Gasteiger partial charge is 0.236 e. The van der Waals surface area contributed by atoms with Crippen LogP contribution in [0.15, 0.2) is 72.8 Å². The Kier molecular flexibility index (Phi) is 7.16. The first-order valence-corrected chi connectivity index (χ1v) is 12.0. The van der Waals surface area contributed by atoms with Crippen LogP contribution >= 0.6 is 0 Å². The lowest BCUT2D eigenvalue weighted by atomic mass is 9.98. The summed E-state index contributed by atoms with van der Waals surface area (Å²) in [6, 6.07) is 24.2. The first-order valence-electron chi connectivity index (χ1n) is 12.0. The number of hydrogen-bond acceptors (Lipinski definition) is 6. The largest absolute Gasteiger partial charge is 0.497 e. The molecule has 1 saturated heterocycles. The van der Waals surface area contributed by atoms with E-state index in [4.69, 9.17) is 14.2 Å². The third-order valence-electron chi connectivity index (χ3n) is 6.61. The molecule has 3 aromatic rings. The van der Waals surface area contributed by atoms with Crippen LogP contribution in [0, 0.1) is 0 Å². The quantitative estimate of drug-likeness (QED) is 0.541. The number of rotatable bonds is 8.